The smallest absolute Gasteiger partial charge is 0.277 e. The summed E-state index contributed by atoms with van der Waals surface area (Å²) >= 11 is 1.24. The molecule has 1 amide bonds. The highest BCUT2D eigenvalue weighted by Crippen LogP contribution is 2.36. The molecule has 0 aliphatic carbocycles. The van der Waals surface area contributed by atoms with Gasteiger partial charge in [-0.2, -0.15) is 0 Å². The van der Waals surface area contributed by atoms with Crippen LogP contribution >= 0.6 is 11.8 Å². The van der Waals surface area contributed by atoms with Crippen molar-refractivity contribution in [2.24, 2.45) is 0 Å². The Kier molecular flexibility index (Phi) is 5.62. The first-order valence-electron chi connectivity index (χ1n) is 10.1. The summed E-state index contributed by atoms with van der Waals surface area (Å²) in [6.07, 6.45) is 2.52. The molecule has 2 aliphatic rings. The van der Waals surface area contributed by atoms with Crippen LogP contribution in [0, 0.1) is 0 Å². The highest BCUT2D eigenvalue weighted by molar-refractivity contribution is 7.99. The lowest BCUT2D eigenvalue weighted by molar-refractivity contribution is -0.127. The number of para-hydroxylation sites is 2. The van der Waals surface area contributed by atoms with Crippen molar-refractivity contribution in [3.05, 3.63) is 72.1 Å². The Morgan fingerprint density at radius 3 is 2.68 bits per heavy atom. The molecule has 3 heterocycles. The maximum Gasteiger partial charge on any atom is 0.277 e. The molecule has 8 heteroatoms. The van der Waals surface area contributed by atoms with Crippen molar-refractivity contribution in [3.63, 3.8) is 0 Å². The number of aromatic nitrogens is 2. The first-order valence-corrected chi connectivity index (χ1v) is 11.1. The minimum Gasteiger partial charge on any atom is -0.485 e. The first-order chi connectivity index (χ1) is 15.3. The first kappa shape index (κ1) is 19.7. The summed E-state index contributed by atoms with van der Waals surface area (Å²) in [6, 6.07) is 17.7. The number of hydrogen-bond acceptors (Lipinski definition) is 7. The van der Waals surface area contributed by atoms with Crippen LogP contribution in [0.5, 0.6) is 11.5 Å². The van der Waals surface area contributed by atoms with Gasteiger partial charge >= 0.3 is 0 Å². The van der Waals surface area contributed by atoms with Crippen LogP contribution in [0.4, 0.5) is 0 Å². The second-order valence-corrected chi connectivity index (χ2v) is 8.17. The van der Waals surface area contributed by atoms with E-state index in [0.717, 1.165) is 6.42 Å². The van der Waals surface area contributed by atoms with E-state index in [2.05, 4.69) is 28.4 Å². The molecule has 0 fully saturated rings. The van der Waals surface area contributed by atoms with Crippen LogP contribution in [-0.4, -0.2) is 46.5 Å². The quantitative estimate of drug-likeness (QED) is 0.561. The zero-order chi connectivity index (χ0) is 21.0. The highest BCUT2D eigenvalue weighted by Gasteiger charge is 2.27. The van der Waals surface area contributed by atoms with E-state index in [1.165, 1.54) is 22.9 Å². The van der Waals surface area contributed by atoms with E-state index >= 15 is 0 Å². The van der Waals surface area contributed by atoms with Gasteiger partial charge in [0.1, 0.15) is 6.61 Å². The molecule has 0 saturated carbocycles. The van der Waals surface area contributed by atoms with Crippen LogP contribution in [-0.2, 0) is 4.79 Å². The lowest BCUT2D eigenvalue weighted by Gasteiger charge is -2.26. The van der Waals surface area contributed by atoms with Crippen molar-refractivity contribution in [1.82, 2.24) is 15.1 Å². The average molecular weight is 436 g/mol. The Bertz CT molecular complexity index is 1100. The summed E-state index contributed by atoms with van der Waals surface area (Å²) in [6.45, 7) is 1.62. The number of ether oxygens (including phenoxy) is 2. The number of fused-ring (bicyclic) bond motifs is 1. The molecule has 2 aliphatic heterocycles. The normalized spacial score (nSPS) is 17.9. The summed E-state index contributed by atoms with van der Waals surface area (Å²) in [5.41, 5.74) is 2.51. The largest absolute Gasteiger partial charge is 0.485 e. The van der Waals surface area contributed by atoms with Crippen LogP contribution in [0.15, 0.2) is 70.3 Å². The molecular weight excluding hydrogens is 414 g/mol. The Morgan fingerprint density at radius 1 is 1.06 bits per heavy atom. The number of carbonyl (C=O) groups excluding carboxylic acids is 1. The van der Waals surface area contributed by atoms with E-state index in [-0.39, 0.29) is 11.7 Å². The Balaban J connectivity index is 1.14. The Labute approximate surface area is 184 Å². The lowest BCUT2D eigenvalue weighted by Crippen LogP contribution is -2.35. The van der Waals surface area contributed by atoms with Gasteiger partial charge in [0.25, 0.3) is 11.1 Å². The van der Waals surface area contributed by atoms with Gasteiger partial charge in [-0.25, -0.2) is 0 Å². The van der Waals surface area contributed by atoms with E-state index in [4.69, 9.17) is 13.9 Å². The average Bonchev–Trinajstić information content (AvgIpc) is 3.32. The lowest BCUT2D eigenvalue weighted by atomic mass is 10.00. The minimum atomic E-state index is -0.462. The molecule has 31 heavy (non-hydrogen) atoms. The Morgan fingerprint density at radius 2 is 1.87 bits per heavy atom. The van der Waals surface area contributed by atoms with E-state index in [1.807, 2.05) is 47.4 Å². The van der Waals surface area contributed by atoms with E-state index in [0.29, 0.717) is 42.3 Å². The molecule has 0 saturated heterocycles. The standard InChI is InChI=1S/C23H21N3O4S/c27-21(26-12-10-17(11-13-26)16-6-2-1-3-7-16)15-31-23-25-24-22(30-23)20-14-28-18-8-4-5-9-19(18)29-20/h1-10,20H,11-15H2/t20-/m0/s1. The number of thioether (sulfide) groups is 1. The summed E-state index contributed by atoms with van der Waals surface area (Å²) in [4.78, 5) is 14.5. The third kappa shape index (κ3) is 4.44. The van der Waals surface area contributed by atoms with Gasteiger partial charge in [-0.15, -0.1) is 10.2 Å². The van der Waals surface area contributed by atoms with Crippen molar-refractivity contribution < 1.29 is 18.7 Å². The third-order valence-electron chi connectivity index (χ3n) is 5.23. The van der Waals surface area contributed by atoms with Crippen LogP contribution in [0.3, 0.4) is 0 Å². The highest BCUT2D eigenvalue weighted by atomic mass is 32.2. The van der Waals surface area contributed by atoms with Crippen molar-refractivity contribution in [2.75, 3.05) is 25.4 Å². The fourth-order valence-corrected chi connectivity index (χ4v) is 4.25. The zero-order valence-corrected chi connectivity index (χ0v) is 17.6. The molecule has 0 N–H and O–H groups in total. The van der Waals surface area contributed by atoms with Crippen LogP contribution in [0.2, 0.25) is 0 Å². The molecule has 0 unspecified atom stereocenters. The Hall–Kier alpha value is -3.26. The number of carbonyl (C=O) groups is 1. The van der Waals surface area contributed by atoms with Crippen LogP contribution < -0.4 is 9.47 Å². The van der Waals surface area contributed by atoms with Gasteiger partial charge in [0.2, 0.25) is 12.0 Å². The van der Waals surface area contributed by atoms with Crippen LogP contribution in [0.25, 0.3) is 5.57 Å². The molecule has 0 spiro atoms. The third-order valence-corrected chi connectivity index (χ3v) is 6.03. The van der Waals surface area contributed by atoms with Gasteiger partial charge in [-0.1, -0.05) is 60.3 Å². The van der Waals surface area contributed by atoms with Gasteiger partial charge in [0.15, 0.2) is 11.5 Å². The maximum absolute atomic E-state index is 12.6. The van der Waals surface area contributed by atoms with Crippen LogP contribution in [0.1, 0.15) is 24.0 Å². The second-order valence-electron chi connectivity index (χ2n) is 7.24. The zero-order valence-electron chi connectivity index (χ0n) is 16.8. The van der Waals surface area contributed by atoms with Gasteiger partial charge in [0, 0.05) is 13.1 Å². The monoisotopic (exact) mass is 435 g/mol. The molecule has 1 atom stereocenters. The van der Waals surface area contributed by atoms with E-state index in [1.54, 1.807) is 0 Å². The number of benzene rings is 2. The van der Waals surface area contributed by atoms with E-state index < -0.39 is 6.10 Å². The van der Waals surface area contributed by atoms with Crippen molar-refractivity contribution in [2.45, 2.75) is 17.7 Å². The van der Waals surface area contributed by atoms with Gasteiger partial charge in [0.05, 0.1) is 5.75 Å². The number of rotatable bonds is 5. The molecule has 2 aromatic carbocycles. The minimum absolute atomic E-state index is 0.0549. The topological polar surface area (TPSA) is 77.7 Å². The van der Waals surface area contributed by atoms with E-state index in [9.17, 15) is 4.79 Å². The predicted molar refractivity (Wildman–Crippen MR) is 116 cm³/mol. The molecule has 7 nitrogen and oxygen atoms in total. The van der Waals surface area contributed by atoms with Gasteiger partial charge in [-0.3, -0.25) is 4.79 Å². The number of amides is 1. The summed E-state index contributed by atoms with van der Waals surface area (Å²) in [5.74, 6) is 2.00. The predicted octanol–water partition coefficient (Wildman–Crippen LogP) is 3.99. The van der Waals surface area contributed by atoms with Crippen molar-refractivity contribution in [3.8, 4) is 11.5 Å². The van der Waals surface area contributed by atoms with Gasteiger partial charge in [-0.05, 0) is 29.7 Å². The molecule has 0 bridgehead atoms. The molecule has 1 aromatic heterocycles. The number of nitrogens with zero attached hydrogens (tertiary/aromatic N) is 3. The summed E-state index contributed by atoms with van der Waals surface area (Å²) in [5, 5.41) is 8.46. The second kappa shape index (κ2) is 8.85. The summed E-state index contributed by atoms with van der Waals surface area (Å²) < 4.78 is 17.3. The fourth-order valence-electron chi connectivity index (χ4n) is 3.57. The molecule has 5 rings (SSSR count). The molecule has 3 aromatic rings. The molecule has 0 radical (unpaired) electrons. The fraction of sp³-hybridized carbons (Fsp3) is 0.261. The molecular formula is C23H21N3O4S. The number of hydrogen-bond donors (Lipinski definition) is 0. The van der Waals surface area contributed by atoms with Crippen molar-refractivity contribution in [1.29, 1.82) is 0 Å². The summed E-state index contributed by atoms with van der Waals surface area (Å²) in [7, 11) is 0. The molecule has 158 valence electrons. The van der Waals surface area contributed by atoms with Gasteiger partial charge < -0.3 is 18.8 Å². The maximum atomic E-state index is 12.6. The van der Waals surface area contributed by atoms with Crippen molar-refractivity contribution >= 4 is 23.2 Å². The SMILES string of the molecule is O=C(CSc1nnc([C@@H]2COc3ccccc3O2)o1)N1CC=C(c2ccccc2)CC1.